The molecular formula is C22H21N3O6S. The van der Waals surface area contributed by atoms with Crippen molar-refractivity contribution in [3.63, 3.8) is 0 Å². The fourth-order valence-corrected chi connectivity index (χ4v) is 3.48. The summed E-state index contributed by atoms with van der Waals surface area (Å²) in [5.41, 5.74) is 1.14. The molecule has 0 radical (unpaired) electrons. The molecule has 3 aromatic rings. The van der Waals surface area contributed by atoms with E-state index in [2.05, 4.69) is 24.4 Å². The smallest absolute Gasteiger partial charge is 0.356 e. The van der Waals surface area contributed by atoms with Crippen LogP contribution in [0.15, 0.2) is 58.5 Å². The van der Waals surface area contributed by atoms with Gasteiger partial charge in [0.1, 0.15) is 5.75 Å². The van der Waals surface area contributed by atoms with Crippen LogP contribution in [0.1, 0.15) is 27.4 Å². The van der Waals surface area contributed by atoms with Crippen molar-refractivity contribution >= 4 is 23.7 Å². The van der Waals surface area contributed by atoms with Gasteiger partial charge in [0.05, 0.1) is 26.5 Å². The van der Waals surface area contributed by atoms with Crippen molar-refractivity contribution in [3.05, 3.63) is 70.3 Å². The van der Waals surface area contributed by atoms with Gasteiger partial charge < -0.3 is 19.2 Å². The Hall–Kier alpha value is -3.66. The van der Waals surface area contributed by atoms with Gasteiger partial charge in [-0.05, 0) is 6.42 Å². The first-order chi connectivity index (χ1) is 15.5. The molecule has 0 saturated heterocycles. The molecule has 0 atom stereocenters. The Kier molecular flexibility index (Phi) is 7.98. The molecule has 0 saturated carbocycles. The SMILES string of the molecule is COC(=O)c1cc(OCCCSc2nc(-c3ccccc3)cc(=O)[nH]2)cc(C(=O)OC)n1. The summed E-state index contributed by atoms with van der Waals surface area (Å²) >= 11 is 1.39. The van der Waals surface area contributed by atoms with Gasteiger partial charge in [0.25, 0.3) is 5.56 Å². The second-order valence-corrected chi connectivity index (χ2v) is 7.49. The van der Waals surface area contributed by atoms with E-state index in [0.717, 1.165) is 5.56 Å². The van der Waals surface area contributed by atoms with E-state index in [4.69, 9.17) is 4.74 Å². The Bertz CT molecular complexity index is 1120. The lowest BCUT2D eigenvalue weighted by Gasteiger charge is -2.09. The molecular weight excluding hydrogens is 434 g/mol. The zero-order chi connectivity index (χ0) is 22.9. The predicted molar refractivity (Wildman–Crippen MR) is 118 cm³/mol. The summed E-state index contributed by atoms with van der Waals surface area (Å²) in [5.74, 6) is -0.461. The van der Waals surface area contributed by atoms with Crippen molar-refractivity contribution < 1.29 is 23.8 Å². The van der Waals surface area contributed by atoms with E-state index in [0.29, 0.717) is 35.4 Å². The highest BCUT2D eigenvalue weighted by atomic mass is 32.2. The number of aromatic amines is 1. The largest absolute Gasteiger partial charge is 0.493 e. The first-order valence-corrected chi connectivity index (χ1v) is 10.6. The van der Waals surface area contributed by atoms with E-state index < -0.39 is 11.9 Å². The number of carbonyl (C=O) groups excluding carboxylic acids is 2. The first kappa shape index (κ1) is 23.0. The molecule has 2 heterocycles. The Morgan fingerprint density at radius 1 is 0.969 bits per heavy atom. The number of nitrogens with zero attached hydrogens (tertiary/aromatic N) is 2. The maximum Gasteiger partial charge on any atom is 0.356 e. The van der Waals surface area contributed by atoms with E-state index in [1.54, 1.807) is 0 Å². The number of hydrogen-bond donors (Lipinski definition) is 1. The van der Waals surface area contributed by atoms with Gasteiger partial charge in [-0.2, -0.15) is 0 Å². The monoisotopic (exact) mass is 455 g/mol. The fraction of sp³-hybridized carbons (Fsp3) is 0.227. The molecule has 1 aromatic carbocycles. The van der Waals surface area contributed by atoms with Gasteiger partial charge in [-0.25, -0.2) is 19.6 Å². The Morgan fingerprint density at radius 2 is 1.62 bits per heavy atom. The summed E-state index contributed by atoms with van der Waals surface area (Å²) in [5, 5.41) is 0.515. The highest BCUT2D eigenvalue weighted by molar-refractivity contribution is 7.99. The van der Waals surface area contributed by atoms with Crippen LogP contribution in [0.25, 0.3) is 11.3 Å². The number of hydrogen-bond acceptors (Lipinski definition) is 9. The third kappa shape index (κ3) is 6.17. The number of pyridine rings is 1. The van der Waals surface area contributed by atoms with Crippen LogP contribution in [-0.4, -0.2) is 53.5 Å². The van der Waals surface area contributed by atoms with Crippen molar-refractivity contribution in [1.82, 2.24) is 15.0 Å². The minimum Gasteiger partial charge on any atom is -0.493 e. The molecule has 10 heteroatoms. The van der Waals surface area contributed by atoms with Gasteiger partial charge in [0.15, 0.2) is 16.5 Å². The standard InChI is InChI=1S/C22H21N3O6S/c1-29-20(27)17-11-15(12-18(23-17)21(28)30-2)31-9-6-10-32-22-24-16(13-19(26)25-22)14-7-4-3-5-8-14/h3-5,7-8,11-13H,6,9-10H2,1-2H3,(H,24,25,26). The lowest BCUT2D eigenvalue weighted by Crippen LogP contribution is -2.12. The minimum absolute atomic E-state index is 0.0562. The van der Waals surface area contributed by atoms with Gasteiger partial charge in [0.2, 0.25) is 0 Å². The maximum atomic E-state index is 12.0. The van der Waals surface area contributed by atoms with Gasteiger partial charge in [0, 0.05) is 29.5 Å². The molecule has 166 valence electrons. The Morgan fingerprint density at radius 3 is 2.25 bits per heavy atom. The molecule has 0 aliphatic rings. The third-order valence-electron chi connectivity index (χ3n) is 4.17. The van der Waals surface area contributed by atoms with Gasteiger partial charge in [-0.3, -0.25) is 4.79 Å². The number of esters is 2. The molecule has 0 unspecified atom stereocenters. The normalized spacial score (nSPS) is 10.4. The number of rotatable bonds is 9. The van der Waals surface area contributed by atoms with Crippen LogP contribution in [0, 0.1) is 0 Å². The van der Waals surface area contributed by atoms with Gasteiger partial charge in [-0.15, -0.1) is 0 Å². The summed E-state index contributed by atoms with van der Waals surface area (Å²) in [6.07, 6.45) is 0.618. The average Bonchev–Trinajstić information content (AvgIpc) is 2.82. The second kappa shape index (κ2) is 11.1. The maximum absolute atomic E-state index is 12.0. The van der Waals surface area contributed by atoms with Gasteiger partial charge in [-0.1, -0.05) is 42.1 Å². The molecule has 3 rings (SSSR count). The lowest BCUT2D eigenvalue weighted by molar-refractivity contribution is 0.0584. The van der Waals surface area contributed by atoms with Crippen LogP contribution < -0.4 is 10.3 Å². The van der Waals surface area contributed by atoms with E-state index in [9.17, 15) is 14.4 Å². The summed E-state index contributed by atoms with van der Waals surface area (Å²) < 4.78 is 15.0. The number of H-pyrrole nitrogens is 1. The number of nitrogens with one attached hydrogen (secondary N) is 1. The summed E-state index contributed by atoms with van der Waals surface area (Å²) in [4.78, 5) is 46.7. The van der Waals surface area contributed by atoms with Crippen molar-refractivity contribution in [3.8, 4) is 17.0 Å². The third-order valence-corrected chi connectivity index (χ3v) is 5.13. The van der Waals surface area contributed by atoms with Gasteiger partial charge >= 0.3 is 11.9 Å². The highest BCUT2D eigenvalue weighted by Crippen LogP contribution is 2.20. The molecule has 2 aromatic heterocycles. The van der Waals surface area contributed by atoms with Crippen LogP contribution >= 0.6 is 11.8 Å². The van der Waals surface area contributed by atoms with Crippen LogP contribution in [0.3, 0.4) is 0 Å². The Balaban J connectivity index is 1.59. The predicted octanol–water partition coefficient (Wildman–Crippen LogP) is 2.97. The van der Waals surface area contributed by atoms with Crippen molar-refractivity contribution in [2.45, 2.75) is 11.6 Å². The molecule has 0 fully saturated rings. The summed E-state index contributed by atoms with van der Waals surface area (Å²) in [6, 6.07) is 13.7. The Labute approximate surface area is 188 Å². The van der Waals surface area contributed by atoms with Crippen molar-refractivity contribution in [1.29, 1.82) is 0 Å². The fourth-order valence-electron chi connectivity index (χ4n) is 2.69. The number of carbonyl (C=O) groups is 2. The minimum atomic E-state index is -0.690. The van der Waals surface area contributed by atoms with Crippen LogP contribution in [0.2, 0.25) is 0 Å². The molecule has 0 amide bonds. The van der Waals surface area contributed by atoms with Crippen molar-refractivity contribution in [2.24, 2.45) is 0 Å². The quantitative estimate of drug-likeness (QED) is 0.225. The number of benzene rings is 1. The molecule has 32 heavy (non-hydrogen) atoms. The lowest BCUT2D eigenvalue weighted by atomic mass is 10.1. The molecule has 0 bridgehead atoms. The van der Waals surface area contributed by atoms with E-state index in [-0.39, 0.29) is 16.9 Å². The number of methoxy groups -OCH3 is 2. The van der Waals surface area contributed by atoms with E-state index >= 15 is 0 Å². The van der Waals surface area contributed by atoms with Crippen LogP contribution in [0.4, 0.5) is 0 Å². The zero-order valence-electron chi connectivity index (χ0n) is 17.5. The molecule has 0 aliphatic heterocycles. The number of thioether (sulfide) groups is 1. The molecule has 0 aliphatic carbocycles. The average molecular weight is 455 g/mol. The zero-order valence-corrected chi connectivity index (χ0v) is 18.3. The highest BCUT2D eigenvalue weighted by Gasteiger charge is 2.16. The summed E-state index contributed by atoms with van der Waals surface area (Å²) in [7, 11) is 2.44. The second-order valence-electron chi connectivity index (χ2n) is 6.41. The molecule has 0 spiro atoms. The van der Waals surface area contributed by atoms with E-state index in [1.807, 2.05) is 30.3 Å². The molecule has 1 N–H and O–H groups in total. The molecule has 9 nitrogen and oxygen atoms in total. The number of aromatic nitrogens is 3. The van der Waals surface area contributed by atoms with E-state index in [1.165, 1.54) is 44.2 Å². The van der Waals surface area contributed by atoms with Crippen LogP contribution in [-0.2, 0) is 9.47 Å². The van der Waals surface area contributed by atoms with Crippen molar-refractivity contribution in [2.75, 3.05) is 26.6 Å². The number of ether oxygens (including phenoxy) is 3. The topological polar surface area (TPSA) is 120 Å². The summed E-state index contributed by atoms with van der Waals surface area (Å²) in [6.45, 7) is 0.306. The van der Waals surface area contributed by atoms with Crippen LogP contribution in [0.5, 0.6) is 5.75 Å². The first-order valence-electron chi connectivity index (χ1n) is 9.61.